The van der Waals surface area contributed by atoms with Crippen molar-refractivity contribution in [3.05, 3.63) is 35.9 Å². The van der Waals surface area contributed by atoms with Crippen LogP contribution in [0.25, 0.3) is 0 Å². The fraction of sp³-hybridized carbons (Fsp3) is 0.600. The molecule has 1 saturated heterocycles. The van der Waals surface area contributed by atoms with Gasteiger partial charge in [-0.05, 0) is 36.7 Å². The summed E-state index contributed by atoms with van der Waals surface area (Å²) in [4.78, 5) is 25.9. The van der Waals surface area contributed by atoms with Crippen LogP contribution in [0.15, 0.2) is 30.3 Å². The van der Waals surface area contributed by atoms with Crippen molar-refractivity contribution >= 4 is 12.0 Å². The molecule has 4 atom stereocenters. The summed E-state index contributed by atoms with van der Waals surface area (Å²) in [5, 5.41) is 14.4. The van der Waals surface area contributed by atoms with Crippen LogP contribution in [0, 0.1) is 11.8 Å². The van der Waals surface area contributed by atoms with E-state index >= 15 is 0 Å². The van der Waals surface area contributed by atoms with Gasteiger partial charge in [-0.1, -0.05) is 43.7 Å². The van der Waals surface area contributed by atoms with Crippen LogP contribution in [0.2, 0.25) is 0 Å². The molecule has 0 aromatic heterocycles. The van der Waals surface area contributed by atoms with Crippen LogP contribution < -0.4 is 10.6 Å². The van der Waals surface area contributed by atoms with E-state index in [2.05, 4.69) is 39.8 Å². The van der Waals surface area contributed by atoms with Crippen molar-refractivity contribution < 1.29 is 14.7 Å². The van der Waals surface area contributed by atoms with E-state index in [1.807, 2.05) is 13.0 Å². The molecule has 1 heterocycles. The molecule has 0 spiro atoms. The molecule has 1 aromatic rings. The molecule has 1 saturated carbocycles. The summed E-state index contributed by atoms with van der Waals surface area (Å²) in [7, 11) is 0. The van der Waals surface area contributed by atoms with E-state index in [0.29, 0.717) is 18.3 Å². The standard InChI is InChI=1S/C20H29N3O3/c1-2-6-18(22-20(25)26)19(24)21-17-10-9-15-12-23(13-16(15)17)11-14-7-4-3-5-8-14/h3-5,7-8,15-18,22H,2,6,9-13H2,1H3,(H,21,24)(H,25,26)/t15-,16+,17+,18?/m0/s1. The Morgan fingerprint density at radius 2 is 2.00 bits per heavy atom. The molecule has 2 fully saturated rings. The van der Waals surface area contributed by atoms with Crippen LogP contribution in [0.5, 0.6) is 0 Å². The van der Waals surface area contributed by atoms with Gasteiger partial charge < -0.3 is 15.7 Å². The van der Waals surface area contributed by atoms with Crippen LogP contribution in [0.1, 0.15) is 38.2 Å². The van der Waals surface area contributed by atoms with E-state index in [9.17, 15) is 9.59 Å². The van der Waals surface area contributed by atoms with Crippen molar-refractivity contribution in [3.8, 4) is 0 Å². The van der Waals surface area contributed by atoms with Gasteiger partial charge in [-0.3, -0.25) is 9.69 Å². The summed E-state index contributed by atoms with van der Waals surface area (Å²) in [5.41, 5.74) is 1.32. The number of hydrogen-bond acceptors (Lipinski definition) is 3. The van der Waals surface area contributed by atoms with Crippen molar-refractivity contribution in [1.29, 1.82) is 0 Å². The highest BCUT2D eigenvalue weighted by Crippen LogP contribution is 2.38. The van der Waals surface area contributed by atoms with Crippen LogP contribution in [0.4, 0.5) is 4.79 Å². The minimum atomic E-state index is -1.14. The first-order valence-corrected chi connectivity index (χ1v) is 9.63. The smallest absolute Gasteiger partial charge is 0.405 e. The van der Waals surface area contributed by atoms with Gasteiger partial charge in [0.1, 0.15) is 6.04 Å². The summed E-state index contributed by atoms with van der Waals surface area (Å²) in [6, 6.07) is 9.98. The van der Waals surface area contributed by atoms with Gasteiger partial charge >= 0.3 is 6.09 Å². The molecule has 3 rings (SSSR count). The van der Waals surface area contributed by atoms with Crippen LogP contribution in [-0.4, -0.2) is 47.2 Å². The number of carbonyl (C=O) groups excluding carboxylic acids is 1. The largest absolute Gasteiger partial charge is 0.465 e. The maximum absolute atomic E-state index is 12.5. The number of nitrogens with one attached hydrogen (secondary N) is 2. The van der Waals surface area contributed by atoms with E-state index < -0.39 is 12.1 Å². The van der Waals surface area contributed by atoms with Crippen molar-refractivity contribution in [2.24, 2.45) is 11.8 Å². The van der Waals surface area contributed by atoms with Gasteiger partial charge in [-0.2, -0.15) is 0 Å². The van der Waals surface area contributed by atoms with Crippen molar-refractivity contribution in [2.45, 2.75) is 51.2 Å². The average Bonchev–Trinajstić information content (AvgIpc) is 3.16. The van der Waals surface area contributed by atoms with Gasteiger partial charge in [-0.25, -0.2) is 4.79 Å². The molecule has 1 aromatic carbocycles. The Labute approximate surface area is 155 Å². The quantitative estimate of drug-likeness (QED) is 0.698. The molecule has 6 nitrogen and oxygen atoms in total. The summed E-state index contributed by atoms with van der Waals surface area (Å²) in [6.45, 7) is 4.98. The number of carbonyl (C=O) groups is 2. The van der Waals surface area contributed by atoms with Crippen molar-refractivity contribution in [3.63, 3.8) is 0 Å². The summed E-state index contributed by atoms with van der Waals surface area (Å²) in [5.74, 6) is 0.914. The fourth-order valence-electron chi connectivity index (χ4n) is 4.50. The van der Waals surface area contributed by atoms with Crippen molar-refractivity contribution in [2.75, 3.05) is 13.1 Å². The number of nitrogens with zero attached hydrogens (tertiary/aromatic N) is 1. The third-order valence-electron chi connectivity index (χ3n) is 5.70. The van der Waals surface area contributed by atoms with Crippen LogP contribution >= 0.6 is 0 Å². The third-order valence-corrected chi connectivity index (χ3v) is 5.70. The second-order valence-corrected chi connectivity index (χ2v) is 7.59. The van der Waals surface area contributed by atoms with Gasteiger partial charge in [0.05, 0.1) is 0 Å². The van der Waals surface area contributed by atoms with E-state index in [-0.39, 0.29) is 11.9 Å². The molecule has 3 N–H and O–H groups in total. The Kier molecular flexibility index (Phi) is 6.14. The second kappa shape index (κ2) is 8.54. The molecule has 2 amide bonds. The van der Waals surface area contributed by atoms with Gasteiger partial charge in [0.25, 0.3) is 0 Å². The predicted molar refractivity (Wildman–Crippen MR) is 99.7 cm³/mol. The molecule has 1 aliphatic heterocycles. The highest BCUT2D eigenvalue weighted by molar-refractivity contribution is 5.85. The third kappa shape index (κ3) is 4.55. The molecule has 6 heteroatoms. The van der Waals surface area contributed by atoms with Gasteiger partial charge in [0, 0.05) is 25.7 Å². The number of hydrogen-bond donors (Lipinski definition) is 3. The lowest BCUT2D eigenvalue weighted by Crippen LogP contribution is -2.50. The minimum absolute atomic E-state index is 0.156. The summed E-state index contributed by atoms with van der Waals surface area (Å²) >= 11 is 0. The van der Waals surface area contributed by atoms with Crippen LogP contribution in [0.3, 0.4) is 0 Å². The van der Waals surface area contributed by atoms with Crippen molar-refractivity contribution in [1.82, 2.24) is 15.5 Å². The minimum Gasteiger partial charge on any atom is -0.465 e. The Hall–Kier alpha value is -2.08. The summed E-state index contributed by atoms with van der Waals surface area (Å²) in [6.07, 6.45) is 2.27. The van der Waals surface area contributed by atoms with E-state index in [1.165, 1.54) is 5.56 Å². The van der Waals surface area contributed by atoms with Crippen LogP contribution in [-0.2, 0) is 11.3 Å². The number of amides is 2. The van der Waals surface area contributed by atoms with E-state index in [0.717, 1.165) is 38.9 Å². The SMILES string of the molecule is CCCC(NC(=O)O)C(=O)N[C@@H]1CC[C@H]2CN(Cc3ccccc3)C[C@H]21. The molecule has 26 heavy (non-hydrogen) atoms. The number of carboxylic acid groups (broad SMARTS) is 1. The second-order valence-electron chi connectivity index (χ2n) is 7.59. The maximum Gasteiger partial charge on any atom is 0.405 e. The number of fused-ring (bicyclic) bond motifs is 1. The van der Waals surface area contributed by atoms with Gasteiger partial charge in [0.15, 0.2) is 0 Å². The maximum atomic E-state index is 12.5. The first-order chi connectivity index (χ1) is 12.6. The molecule has 1 aliphatic carbocycles. The topological polar surface area (TPSA) is 81.7 Å². The lowest BCUT2D eigenvalue weighted by atomic mass is 9.97. The zero-order chi connectivity index (χ0) is 18.5. The van der Waals surface area contributed by atoms with Gasteiger partial charge in [-0.15, -0.1) is 0 Å². The van der Waals surface area contributed by atoms with E-state index in [4.69, 9.17) is 5.11 Å². The number of rotatable bonds is 7. The highest BCUT2D eigenvalue weighted by Gasteiger charge is 2.43. The first-order valence-electron chi connectivity index (χ1n) is 9.63. The Morgan fingerprint density at radius 3 is 2.69 bits per heavy atom. The molecule has 0 bridgehead atoms. The lowest BCUT2D eigenvalue weighted by molar-refractivity contribution is -0.124. The molecular formula is C20H29N3O3. The molecule has 2 aliphatic rings. The Balaban J connectivity index is 1.55. The zero-order valence-electron chi connectivity index (χ0n) is 15.4. The Bertz CT molecular complexity index is 622. The Morgan fingerprint density at radius 1 is 1.23 bits per heavy atom. The highest BCUT2D eigenvalue weighted by atomic mass is 16.4. The molecule has 1 unspecified atom stereocenters. The first kappa shape index (κ1) is 18.7. The average molecular weight is 359 g/mol. The number of benzene rings is 1. The molecule has 142 valence electrons. The normalized spacial score (nSPS) is 26.3. The van der Waals surface area contributed by atoms with Gasteiger partial charge in [0.2, 0.25) is 5.91 Å². The molecule has 0 radical (unpaired) electrons. The predicted octanol–water partition coefficient (Wildman–Crippen LogP) is 2.45. The monoisotopic (exact) mass is 359 g/mol. The summed E-state index contributed by atoms with van der Waals surface area (Å²) < 4.78 is 0. The lowest BCUT2D eigenvalue weighted by Gasteiger charge is -2.24. The molecular weight excluding hydrogens is 330 g/mol. The zero-order valence-corrected chi connectivity index (χ0v) is 15.4. The fourth-order valence-corrected chi connectivity index (χ4v) is 4.50. The van der Waals surface area contributed by atoms with E-state index in [1.54, 1.807) is 0 Å². The number of likely N-dealkylation sites (tertiary alicyclic amines) is 1.